The molecule has 0 amide bonds. The van der Waals surface area contributed by atoms with Crippen LogP contribution in [-0.4, -0.2) is 24.0 Å². The van der Waals surface area contributed by atoms with Crippen molar-refractivity contribution in [2.75, 3.05) is 14.1 Å². The molecule has 1 aromatic rings. The SMILES string of the molecule is CC.CC.CN(C)Cc1cccnc1. The summed E-state index contributed by atoms with van der Waals surface area (Å²) in [4.78, 5) is 6.13. The molecule has 1 rings (SSSR count). The third-order valence-corrected chi connectivity index (χ3v) is 1.22. The third-order valence-electron chi connectivity index (χ3n) is 1.22. The molecule has 0 unspecified atom stereocenters. The quantitative estimate of drug-likeness (QED) is 0.722. The van der Waals surface area contributed by atoms with Gasteiger partial charge in [0.15, 0.2) is 0 Å². The lowest BCUT2D eigenvalue weighted by molar-refractivity contribution is 0.402. The number of aromatic nitrogens is 1. The zero-order valence-corrected chi connectivity index (χ0v) is 10.4. The highest BCUT2D eigenvalue weighted by molar-refractivity contribution is 5.07. The van der Waals surface area contributed by atoms with E-state index in [-0.39, 0.29) is 0 Å². The molecule has 0 aromatic carbocycles. The van der Waals surface area contributed by atoms with Crippen molar-refractivity contribution in [1.29, 1.82) is 0 Å². The van der Waals surface area contributed by atoms with Crippen molar-refractivity contribution < 1.29 is 0 Å². The molecule has 0 aliphatic carbocycles. The van der Waals surface area contributed by atoms with Crippen molar-refractivity contribution in [3.63, 3.8) is 0 Å². The summed E-state index contributed by atoms with van der Waals surface area (Å²) in [5, 5.41) is 0. The van der Waals surface area contributed by atoms with E-state index in [1.54, 1.807) is 6.20 Å². The van der Waals surface area contributed by atoms with Gasteiger partial charge in [-0.3, -0.25) is 4.98 Å². The predicted molar refractivity (Wildman–Crippen MR) is 64.3 cm³/mol. The Balaban J connectivity index is 0. The van der Waals surface area contributed by atoms with Gasteiger partial charge in [0.1, 0.15) is 0 Å². The molecule has 0 bridgehead atoms. The molecular formula is C12H24N2. The van der Waals surface area contributed by atoms with Crippen molar-refractivity contribution in [2.24, 2.45) is 0 Å². The van der Waals surface area contributed by atoms with Crippen LogP contribution in [0.15, 0.2) is 24.5 Å². The van der Waals surface area contributed by atoms with Gasteiger partial charge in [-0.2, -0.15) is 0 Å². The largest absolute Gasteiger partial charge is 0.305 e. The molecule has 0 atom stereocenters. The molecule has 0 N–H and O–H groups in total. The summed E-state index contributed by atoms with van der Waals surface area (Å²) in [6, 6.07) is 4.03. The summed E-state index contributed by atoms with van der Waals surface area (Å²) in [6.45, 7) is 8.97. The van der Waals surface area contributed by atoms with Crippen LogP contribution in [0, 0.1) is 0 Å². The normalized spacial score (nSPS) is 8.21. The van der Waals surface area contributed by atoms with Gasteiger partial charge in [-0.05, 0) is 25.7 Å². The van der Waals surface area contributed by atoms with Crippen LogP contribution in [0.3, 0.4) is 0 Å². The maximum atomic E-state index is 4.01. The zero-order chi connectivity index (χ0) is 11.4. The van der Waals surface area contributed by atoms with Gasteiger partial charge in [0.25, 0.3) is 0 Å². The van der Waals surface area contributed by atoms with Crippen LogP contribution < -0.4 is 0 Å². The lowest BCUT2D eigenvalue weighted by atomic mass is 10.3. The second-order valence-corrected chi connectivity index (χ2v) is 2.60. The Bertz CT molecular complexity index is 183. The van der Waals surface area contributed by atoms with E-state index >= 15 is 0 Å². The maximum Gasteiger partial charge on any atom is 0.0312 e. The van der Waals surface area contributed by atoms with E-state index in [4.69, 9.17) is 0 Å². The van der Waals surface area contributed by atoms with E-state index in [9.17, 15) is 0 Å². The molecule has 0 fully saturated rings. The molecule has 82 valence electrons. The summed E-state index contributed by atoms with van der Waals surface area (Å²) in [7, 11) is 4.10. The van der Waals surface area contributed by atoms with Crippen LogP contribution in [0.4, 0.5) is 0 Å². The van der Waals surface area contributed by atoms with Crippen LogP contribution in [0.5, 0.6) is 0 Å². The molecule has 0 saturated heterocycles. The Morgan fingerprint density at radius 1 is 1.14 bits per heavy atom. The van der Waals surface area contributed by atoms with Crippen LogP contribution in [0.25, 0.3) is 0 Å². The fourth-order valence-corrected chi connectivity index (χ4v) is 0.857. The molecule has 2 nitrogen and oxygen atoms in total. The van der Waals surface area contributed by atoms with Gasteiger partial charge in [-0.1, -0.05) is 33.8 Å². The highest BCUT2D eigenvalue weighted by Gasteiger charge is 1.91. The summed E-state index contributed by atoms with van der Waals surface area (Å²) in [6.07, 6.45) is 3.68. The van der Waals surface area contributed by atoms with Gasteiger partial charge in [-0.25, -0.2) is 0 Å². The van der Waals surface area contributed by atoms with Gasteiger partial charge in [0, 0.05) is 18.9 Å². The Kier molecular flexibility index (Phi) is 13.5. The van der Waals surface area contributed by atoms with Crippen LogP contribution in [-0.2, 0) is 6.54 Å². The number of nitrogens with zero attached hydrogens (tertiary/aromatic N) is 2. The van der Waals surface area contributed by atoms with Gasteiger partial charge >= 0.3 is 0 Å². The van der Waals surface area contributed by atoms with Crippen LogP contribution >= 0.6 is 0 Å². The zero-order valence-electron chi connectivity index (χ0n) is 10.4. The van der Waals surface area contributed by atoms with E-state index in [0.29, 0.717) is 0 Å². The molecule has 2 heteroatoms. The molecular weight excluding hydrogens is 172 g/mol. The van der Waals surface area contributed by atoms with Crippen molar-refractivity contribution in [3.05, 3.63) is 30.1 Å². The third kappa shape index (κ3) is 9.20. The van der Waals surface area contributed by atoms with Crippen molar-refractivity contribution in [3.8, 4) is 0 Å². The van der Waals surface area contributed by atoms with E-state index in [1.807, 2.05) is 54.1 Å². The van der Waals surface area contributed by atoms with Gasteiger partial charge < -0.3 is 4.90 Å². The highest BCUT2D eigenvalue weighted by atomic mass is 15.0. The topological polar surface area (TPSA) is 16.1 Å². The minimum absolute atomic E-state index is 0.966. The number of hydrogen-bond acceptors (Lipinski definition) is 2. The number of hydrogen-bond donors (Lipinski definition) is 0. The second kappa shape index (κ2) is 12.1. The first kappa shape index (κ1) is 15.6. The van der Waals surface area contributed by atoms with E-state index in [2.05, 4.69) is 16.0 Å². The van der Waals surface area contributed by atoms with Crippen molar-refractivity contribution in [1.82, 2.24) is 9.88 Å². The number of pyridine rings is 1. The predicted octanol–water partition coefficient (Wildman–Crippen LogP) is 3.20. The molecule has 14 heavy (non-hydrogen) atoms. The molecule has 0 radical (unpaired) electrons. The first-order chi connectivity index (χ1) is 6.79. The van der Waals surface area contributed by atoms with Crippen LogP contribution in [0.1, 0.15) is 33.3 Å². The summed E-state index contributed by atoms with van der Waals surface area (Å²) in [5.74, 6) is 0. The molecule has 0 saturated carbocycles. The Labute approximate surface area is 89.0 Å². The van der Waals surface area contributed by atoms with Gasteiger partial charge in [0.05, 0.1) is 0 Å². The molecule has 0 aliphatic heterocycles. The highest BCUT2D eigenvalue weighted by Crippen LogP contribution is 1.97. The standard InChI is InChI=1S/C8H12N2.2C2H6/c1-10(2)7-8-4-3-5-9-6-8;2*1-2/h3-6H,7H2,1-2H3;2*1-2H3. The minimum Gasteiger partial charge on any atom is -0.305 e. The average molecular weight is 196 g/mol. The van der Waals surface area contributed by atoms with Gasteiger partial charge in [0.2, 0.25) is 0 Å². The average Bonchev–Trinajstić information content (AvgIpc) is 2.24. The maximum absolute atomic E-state index is 4.01. The molecule has 1 heterocycles. The molecule has 1 aromatic heterocycles. The van der Waals surface area contributed by atoms with E-state index in [1.165, 1.54) is 5.56 Å². The Morgan fingerprint density at radius 2 is 1.71 bits per heavy atom. The minimum atomic E-state index is 0.966. The van der Waals surface area contributed by atoms with E-state index < -0.39 is 0 Å². The monoisotopic (exact) mass is 196 g/mol. The lowest BCUT2D eigenvalue weighted by Crippen LogP contribution is -2.10. The summed E-state index contributed by atoms with van der Waals surface area (Å²) >= 11 is 0. The second-order valence-electron chi connectivity index (χ2n) is 2.60. The lowest BCUT2D eigenvalue weighted by Gasteiger charge is -2.07. The first-order valence-electron chi connectivity index (χ1n) is 5.32. The van der Waals surface area contributed by atoms with Crippen LogP contribution in [0.2, 0.25) is 0 Å². The van der Waals surface area contributed by atoms with E-state index in [0.717, 1.165) is 6.54 Å². The Hall–Kier alpha value is -0.890. The Morgan fingerprint density at radius 3 is 2.07 bits per heavy atom. The molecule has 0 spiro atoms. The summed E-state index contributed by atoms with van der Waals surface area (Å²) in [5.41, 5.74) is 1.26. The van der Waals surface area contributed by atoms with Gasteiger partial charge in [-0.15, -0.1) is 0 Å². The summed E-state index contributed by atoms with van der Waals surface area (Å²) < 4.78 is 0. The van der Waals surface area contributed by atoms with Crippen molar-refractivity contribution in [2.45, 2.75) is 34.2 Å². The first-order valence-corrected chi connectivity index (χ1v) is 5.32. The smallest absolute Gasteiger partial charge is 0.0312 e. The molecule has 0 aliphatic rings. The fraction of sp³-hybridized carbons (Fsp3) is 0.583. The fourth-order valence-electron chi connectivity index (χ4n) is 0.857. The number of rotatable bonds is 2. The van der Waals surface area contributed by atoms with Crippen molar-refractivity contribution >= 4 is 0 Å².